The van der Waals surface area contributed by atoms with Crippen LogP contribution in [-0.4, -0.2) is 52.4 Å². The summed E-state index contributed by atoms with van der Waals surface area (Å²) in [6.45, 7) is 4.52. The molecule has 2 heterocycles. The first-order chi connectivity index (χ1) is 9.85. The fourth-order valence-electron chi connectivity index (χ4n) is 1.80. The van der Waals surface area contributed by atoms with E-state index < -0.39 is 0 Å². The second-order valence-corrected chi connectivity index (χ2v) is 4.32. The van der Waals surface area contributed by atoms with Crippen molar-refractivity contribution in [2.75, 3.05) is 43.5 Å². The molecule has 0 radical (unpaired) electrons. The van der Waals surface area contributed by atoms with Crippen molar-refractivity contribution in [3.05, 3.63) is 18.6 Å². The maximum absolute atomic E-state index is 8.64. The molecule has 0 amide bonds. The molecule has 7 nitrogen and oxygen atoms in total. The van der Waals surface area contributed by atoms with E-state index in [1.165, 1.54) is 0 Å². The van der Waals surface area contributed by atoms with Crippen LogP contribution in [0.5, 0.6) is 0 Å². The summed E-state index contributed by atoms with van der Waals surface area (Å²) in [5.74, 6) is 1.54. The van der Waals surface area contributed by atoms with Crippen molar-refractivity contribution in [1.29, 1.82) is 0 Å². The van der Waals surface area contributed by atoms with Crippen LogP contribution in [0.2, 0.25) is 0 Å². The molecular weight excluding hydrogens is 258 g/mol. The number of rotatable bonds is 9. The van der Waals surface area contributed by atoms with Crippen LogP contribution in [-0.2, 0) is 4.74 Å². The van der Waals surface area contributed by atoms with Gasteiger partial charge in [0, 0.05) is 25.5 Å². The van der Waals surface area contributed by atoms with Gasteiger partial charge in [-0.15, -0.1) is 0 Å². The predicted molar refractivity (Wildman–Crippen MR) is 78.2 cm³/mol. The lowest BCUT2D eigenvalue weighted by atomic mass is 10.4. The summed E-state index contributed by atoms with van der Waals surface area (Å²) >= 11 is 0. The lowest BCUT2D eigenvalue weighted by Gasteiger charge is -2.10. The summed E-state index contributed by atoms with van der Waals surface area (Å²) in [5, 5.41) is 15.1. The highest BCUT2D eigenvalue weighted by Crippen LogP contribution is 2.16. The van der Waals surface area contributed by atoms with E-state index in [1.54, 1.807) is 6.20 Å². The molecule has 0 fully saturated rings. The Hall–Kier alpha value is -1.86. The van der Waals surface area contributed by atoms with Gasteiger partial charge in [-0.3, -0.25) is 0 Å². The van der Waals surface area contributed by atoms with Gasteiger partial charge in [0.05, 0.1) is 26.0 Å². The van der Waals surface area contributed by atoms with Crippen LogP contribution in [0.3, 0.4) is 0 Å². The SMILES string of the molecule is CCCNc1cn2ccnc2c(NCCOCCO)n1. The van der Waals surface area contributed by atoms with Crippen molar-refractivity contribution >= 4 is 17.3 Å². The van der Waals surface area contributed by atoms with Crippen LogP contribution in [0.15, 0.2) is 18.6 Å². The Bertz CT molecular complexity index is 528. The molecule has 110 valence electrons. The Morgan fingerprint density at radius 2 is 2.20 bits per heavy atom. The van der Waals surface area contributed by atoms with Crippen LogP contribution in [0.25, 0.3) is 5.65 Å². The largest absolute Gasteiger partial charge is 0.394 e. The van der Waals surface area contributed by atoms with E-state index in [1.807, 2.05) is 16.8 Å². The maximum atomic E-state index is 8.64. The van der Waals surface area contributed by atoms with E-state index in [0.717, 1.165) is 30.2 Å². The van der Waals surface area contributed by atoms with Gasteiger partial charge in [0.15, 0.2) is 11.5 Å². The molecule has 0 unspecified atom stereocenters. The highest BCUT2D eigenvalue weighted by Gasteiger charge is 2.06. The number of aliphatic hydroxyl groups is 1. The Morgan fingerprint density at radius 3 is 3.00 bits per heavy atom. The first kappa shape index (κ1) is 14.5. The number of nitrogens with one attached hydrogen (secondary N) is 2. The third-order valence-electron chi connectivity index (χ3n) is 2.70. The lowest BCUT2D eigenvalue weighted by Crippen LogP contribution is -2.14. The van der Waals surface area contributed by atoms with Gasteiger partial charge in [-0.1, -0.05) is 6.92 Å². The molecule has 0 aliphatic heterocycles. The average molecular weight is 279 g/mol. The fourth-order valence-corrected chi connectivity index (χ4v) is 1.80. The van der Waals surface area contributed by atoms with Crippen molar-refractivity contribution < 1.29 is 9.84 Å². The highest BCUT2D eigenvalue weighted by molar-refractivity contribution is 5.65. The van der Waals surface area contributed by atoms with E-state index >= 15 is 0 Å². The monoisotopic (exact) mass is 279 g/mol. The smallest absolute Gasteiger partial charge is 0.180 e. The number of anilines is 2. The molecule has 3 N–H and O–H groups in total. The summed E-state index contributed by atoms with van der Waals surface area (Å²) in [5.41, 5.74) is 0.786. The van der Waals surface area contributed by atoms with E-state index in [-0.39, 0.29) is 6.61 Å². The third-order valence-corrected chi connectivity index (χ3v) is 2.70. The van der Waals surface area contributed by atoms with E-state index in [2.05, 4.69) is 27.5 Å². The minimum atomic E-state index is 0.0408. The Balaban J connectivity index is 2.03. The van der Waals surface area contributed by atoms with Gasteiger partial charge in [0.1, 0.15) is 5.82 Å². The number of fused-ring (bicyclic) bond motifs is 1. The number of imidazole rings is 1. The molecule has 2 aromatic heterocycles. The molecule has 7 heteroatoms. The standard InChI is InChI=1S/C13H21N5O2/c1-2-3-14-11-10-18-6-4-16-13(18)12(17-11)15-5-8-20-9-7-19/h4,6,10,14,19H,2-3,5,7-9H2,1H3,(H,15,17). The van der Waals surface area contributed by atoms with E-state index in [4.69, 9.17) is 9.84 Å². The van der Waals surface area contributed by atoms with Crippen LogP contribution in [0, 0.1) is 0 Å². The molecule has 20 heavy (non-hydrogen) atoms. The second kappa shape index (κ2) is 7.66. The average Bonchev–Trinajstić information content (AvgIpc) is 2.93. The zero-order valence-corrected chi connectivity index (χ0v) is 11.7. The zero-order valence-electron chi connectivity index (χ0n) is 11.7. The summed E-state index contributed by atoms with van der Waals surface area (Å²) < 4.78 is 7.14. The van der Waals surface area contributed by atoms with Gasteiger partial charge in [0.25, 0.3) is 0 Å². The van der Waals surface area contributed by atoms with Crippen LogP contribution in [0.4, 0.5) is 11.6 Å². The number of aromatic nitrogens is 3. The molecular formula is C13H21N5O2. The molecule has 0 atom stereocenters. The number of nitrogens with zero attached hydrogens (tertiary/aromatic N) is 3. The molecule has 0 bridgehead atoms. The molecule has 2 rings (SSSR count). The van der Waals surface area contributed by atoms with Crippen molar-refractivity contribution in [1.82, 2.24) is 14.4 Å². The summed E-state index contributed by atoms with van der Waals surface area (Å²) in [7, 11) is 0. The quantitative estimate of drug-likeness (QED) is 0.593. The third kappa shape index (κ3) is 3.82. The van der Waals surface area contributed by atoms with E-state index in [9.17, 15) is 0 Å². The predicted octanol–water partition coefficient (Wildman–Crippen LogP) is 0.972. The van der Waals surface area contributed by atoms with Crippen molar-refractivity contribution in [2.24, 2.45) is 0 Å². The van der Waals surface area contributed by atoms with Crippen LogP contribution < -0.4 is 10.6 Å². The van der Waals surface area contributed by atoms with Gasteiger partial charge in [-0.25, -0.2) is 9.97 Å². The van der Waals surface area contributed by atoms with Crippen LogP contribution in [0.1, 0.15) is 13.3 Å². The Kier molecular flexibility index (Phi) is 5.57. The number of ether oxygens (including phenoxy) is 1. The maximum Gasteiger partial charge on any atom is 0.180 e. The molecule has 0 saturated heterocycles. The first-order valence-corrected chi connectivity index (χ1v) is 6.85. The first-order valence-electron chi connectivity index (χ1n) is 6.85. The van der Waals surface area contributed by atoms with Gasteiger partial charge >= 0.3 is 0 Å². The molecule has 2 aromatic rings. The second-order valence-electron chi connectivity index (χ2n) is 4.32. The minimum Gasteiger partial charge on any atom is -0.394 e. The molecule has 0 spiro atoms. The Labute approximate surface area is 118 Å². The zero-order chi connectivity index (χ0) is 14.2. The van der Waals surface area contributed by atoms with Gasteiger partial charge in [0.2, 0.25) is 0 Å². The lowest BCUT2D eigenvalue weighted by molar-refractivity contribution is 0.0992. The number of aliphatic hydroxyl groups excluding tert-OH is 1. The minimum absolute atomic E-state index is 0.0408. The summed E-state index contributed by atoms with van der Waals surface area (Å²) in [6, 6.07) is 0. The molecule has 0 aliphatic rings. The summed E-state index contributed by atoms with van der Waals surface area (Å²) in [6.07, 6.45) is 6.60. The van der Waals surface area contributed by atoms with Crippen LogP contribution >= 0.6 is 0 Å². The van der Waals surface area contributed by atoms with Gasteiger partial charge in [-0.05, 0) is 6.42 Å². The number of hydrogen-bond donors (Lipinski definition) is 3. The molecule has 0 aromatic carbocycles. The van der Waals surface area contributed by atoms with Crippen molar-refractivity contribution in [3.63, 3.8) is 0 Å². The van der Waals surface area contributed by atoms with Crippen molar-refractivity contribution in [3.8, 4) is 0 Å². The number of hydrogen-bond acceptors (Lipinski definition) is 6. The summed E-state index contributed by atoms with van der Waals surface area (Å²) in [4.78, 5) is 8.80. The normalized spacial score (nSPS) is 10.9. The highest BCUT2D eigenvalue weighted by atomic mass is 16.5. The Morgan fingerprint density at radius 1 is 1.30 bits per heavy atom. The molecule has 0 saturated carbocycles. The van der Waals surface area contributed by atoms with Crippen molar-refractivity contribution in [2.45, 2.75) is 13.3 Å². The van der Waals surface area contributed by atoms with Gasteiger partial charge in [-0.2, -0.15) is 0 Å². The molecule has 0 aliphatic carbocycles. The van der Waals surface area contributed by atoms with E-state index in [0.29, 0.717) is 19.8 Å². The topological polar surface area (TPSA) is 83.7 Å². The fraction of sp³-hybridized carbons (Fsp3) is 0.538. The van der Waals surface area contributed by atoms with Gasteiger partial charge < -0.3 is 24.9 Å².